The van der Waals surface area contributed by atoms with E-state index < -0.39 is 0 Å². The molecule has 0 amide bonds. The van der Waals surface area contributed by atoms with Gasteiger partial charge in [0.15, 0.2) is 0 Å². The van der Waals surface area contributed by atoms with Gasteiger partial charge in [0.25, 0.3) is 0 Å². The van der Waals surface area contributed by atoms with Crippen molar-refractivity contribution in [2.75, 3.05) is 5.73 Å². The van der Waals surface area contributed by atoms with Crippen LogP contribution in [-0.2, 0) is 6.61 Å². The van der Waals surface area contributed by atoms with E-state index in [1.54, 1.807) is 0 Å². The lowest BCUT2D eigenvalue weighted by Crippen LogP contribution is -1.98. The van der Waals surface area contributed by atoms with Crippen LogP contribution in [0.5, 0.6) is 5.75 Å². The Bertz CT molecular complexity index is 503. The fraction of sp³-hybridized carbons (Fsp3) is 0.200. The molecule has 0 saturated carbocycles. The minimum absolute atomic E-state index is 0.579. The number of benzene rings is 2. The van der Waals surface area contributed by atoms with Crippen LogP contribution in [0.15, 0.2) is 42.5 Å². The van der Waals surface area contributed by atoms with Gasteiger partial charge in [-0.2, -0.15) is 0 Å². The summed E-state index contributed by atoms with van der Waals surface area (Å²) in [5, 5.41) is 0. The van der Waals surface area contributed by atoms with E-state index in [1.165, 1.54) is 11.1 Å². The van der Waals surface area contributed by atoms with Gasteiger partial charge >= 0.3 is 0 Å². The summed E-state index contributed by atoms with van der Waals surface area (Å²) in [4.78, 5) is 0. The smallest absolute Gasteiger partial charge is 0.119 e. The number of ether oxygens (including phenoxy) is 1. The van der Waals surface area contributed by atoms with Crippen LogP contribution in [0.3, 0.4) is 0 Å². The van der Waals surface area contributed by atoms with Gasteiger partial charge in [0.2, 0.25) is 0 Å². The third kappa shape index (κ3) is 3.00. The molecule has 0 unspecified atom stereocenters. The zero-order chi connectivity index (χ0) is 12.3. The molecule has 2 aromatic rings. The fourth-order valence-corrected chi connectivity index (χ4v) is 1.68. The van der Waals surface area contributed by atoms with Crippen LogP contribution in [0.1, 0.15) is 16.7 Å². The molecule has 2 N–H and O–H groups in total. The molecule has 0 bridgehead atoms. The Morgan fingerprint density at radius 2 is 1.71 bits per heavy atom. The summed E-state index contributed by atoms with van der Waals surface area (Å²) in [5.74, 6) is 0.895. The van der Waals surface area contributed by atoms with Crippen molar-refractivity contribution < 1.29 is 4.74 Å². The minimum atomic E-state index is 0.579. The third-order valence-corrected chi connectivity index (χ3v) is 2.78. The van der Waals surface area contributed by atoms with Gasteiger partial charge in [0.05, 0.1) is 0 Å². The van der Waals surface area contributed by atoms with E-state index in [4.69, 9.17) is 10.5 Å². The van der Waals surface area contributed by atoms with E-state index in [1.807, 2.05) is 49.4 Å². The second-order valence-corrected chi connectivity index (χ2v) is 4.29. The summed E-state index contributed by atoms with van der Waals surface area (Å²) < 4.78 is 5.73. The first-order valence-electron chi connectivity index (χ1n) is 5.69. The summed E-state index contributed by atoms with van der Waals surface area (Å²) in [6, 6.07) is 14.0. The maximum Gasteiger partial charge on any atom is 0.119 e. The third-order valence-electron chi connectivity index (χ3n) is 2.78. The monoisotopic (exact) mass is 227 g/mol. The average Bonchev–Trinajstić information content (AvgIpc) is 2.30. The number of nitrogens with two attached hydrogens (primary N) is 1. The largest absolute Gasteiger partial charge is 0.489 e. The molecular weight excluding hydrogens is 210 g/mol. The number of rotatable bonds is 3. The Hall–Kier alpha value is -1.96. The molecule has 0 fully saturated rings. The Kier molecular flexibility index (Phi) is 3.33. The van der Waals surface area contributed by atoms with Crippen LogP contribution >= 0.6 is 0 Å². The zero-order valence-electron chi connectivity index (χ0n) is 10.2. The van der Waals surface area contributed by atoms with E-state index >= 15 is 0 Å². The van der Waals surface area contributed by atoms with Crippen molar-refractivity contribution in [2.24, 2.45) is 0 Å². The highest BCUT2D eigenvalue weighted by atomic mass is 16.5. The summed E-state index contributed by atoms with van der Waals surface area (Å²) in [6.45, 7) is 4.69. The lowest BCUT2D eigenvalue weighted by molar-refractivity contribution is 0.305. The van der Waals surface area contributed by atoms with Crippen LogP contribution < -0.4 is 10.5 Å². The first kappa shape index (κ1) is 11.5. The molecule has 0 aromatic heterocycles. The zero-order valence-corrected chi connectivity index (χ0v) is 10.2. The fourth-order valence-electron chi connectivity index (χ4n) is 1.68. The lowest BCUT2D eigenvalue weighted by Gasteiger charge is -2.09. The molecule has 2 nitrogen and oxygen atoms in total. The molecule has 2 rings (SSSR count). The molecular formula is C15H17NO. The summed E-state index contributed by atoms with van der Waals surface area (Å²) in [6.07, 6.45) is 0. The number of hydrogen-bond donors (Lipinski definition) is 1. The molecule has 0 aliphatic rings. The van der Waals surface area contributed by atoms with Gasteiger partial charge in [-0.25, -0.2) is 0 Å². The maximum atomic E-state index is 5.73. The first-order valence-corrected chi connectivity index (χ1v) is 5.69. The van der Waals surface area contributed by atoms with E-state index in [0.717, 1.165) is 17.0 Å². The Balaban J connectivity index is 2.04. The van der Waals surface area contributed by atoms with Gasteiger partial charge in [-0.1, -0.05) is 23.8 Å². The summed E-state index contributed by atoms with van der Waals surface area (Å²) >= 11 is 0. The number of aryl methyl sites for hydroxylation is 2. The predicted molar refractivity (Wildman–Crippen MR) is 71.1 cm³/mol. The molecule has 0 aliphatic carbocycles. The van der Waals surface area contributed by atoms with Crippen LogP contribution in [0.2, 0.25) is 0 Å². The highest BCUT2D eigenvalue weighted by molar-refractivity contribution is 5.44. The van der Waals surface area contributed by atoms with E-state index in [-0.39, 0.29) is 0 Å². The molecule has 2 aromatic carbocycles. The van der Waals surface area contributed by atoms with Gasteiger partial charge in [-0.3, -0.25) is 0 Å². The topological polar surface area (TPSA) is 35.2 Å². The molecule has 17 heavy (non-hydrogen) atoms. The summed E-state index contributed by atoms with van der Waals surface area (Å²) in [5.41, 5.74) is 10.1. The molecule has 88 valence electrons. The van der Waals surface area contributed by atoms with E-state index in [9.17, 15) is 0 Å². The molecule has 2 heteroatoms. The van der Waals surface area contributed by atoms with E-state index in [2.05, 4.69) is 6.92 Å². The highest BCUT2D eigenvalue weighted by Crippen LogP contribution is 2.17. The van der Waals surface area contributed by atoms with Gasteiger partial charge in [-0.05, 0) is 49.2 Å². The SMILES string of the molecule is Cc1ccc(OCc2ccc(N)cc2C)cc1. The number of anilines is 1. The number of hydrogen-bond acceptors (Lipinski definition) is 2. The minimum Gasteiger partial charge on any atom is -0.489 e. The molecule has 0 saturated heterocycles. The van der Waals surface area contributed by atoms with Crippen LogP contribution in [0, 0.1) is 13.8 Å². The van der Waals surface area contributed by atoms with Crippen molar-refractivity contribution in [3.63, 3.8) is 0 Å². The van der Waals surface area contributed by atoms with Crippen LogP contribution in [0.4, 0.5) is 5.69 Å². The van der Waals surface area contributed by atoms with Gasteiger partial charge < -0.3 is 10.5 Å². The number of nitrogen functional groups attached to an aromatic ring is 1. The van der Waals surface area contributed by atoms with Crippen molar-refractivity contribution in [2.45, 2.75) is 20.5 Å². The van der Waals surface area contributed by atoms with Crippen molar-refractivity contribution >= 4 is 5.69 Å². The highest BCUT2D eigenvalue weighted by Gasteiger charge is 2.00. The second kappa shape index (κ2) is 4.91. The maximum absolute atomic E-state index is 5.73. The Morgan fingerprint density at radius 1 is 1.00 bits per heavy atom. The van der Waals surface area contributed by atoms with Crippen LogP contribution in [-0.4, -0.2) is 0 Å². The van der Waals surface area contributed by atoms with Gasteiger partial charge in [0, 0.05) is 5.69 Å². The Morgan fingerprint density at radius 3 is 2.35 bits per heavy atom. The standard InChI is InChI=1S/C15H17NO/c1-11-3-7-15(8-4-11)17-10-13-5-6-14(16)9-12(13)2/h3-9H,10,16H2,1-2H3. The van der Waals surface area contributed by atoms with Gasteiger partial charge in [0.1, 0.15) is 12.4 Å². The molecule has 0 radical (unpaired) electrons. The average molecular weight is 227 g/mol. The summed E-state index contributed by atoms with van der Waals surface area (Å²) in [7, 11) is 0. The lowest BCUT2D eigenvalue weighted by atomic mass is 10.1. The normalized spacial score (nSPS) is 10.2. The van der Waals surface area contributed by atoms with Crippen molar-refractivity contribution in [3.05, 3.63) is 59.2 Å². The van der Waals surface area contributed by atoms with Crippen molar-refractivity contribution in [3.8, 4) is 5.75 Å². The predicted octanol–water partition coefficient (Wildman–Crippen LogP) is 3.46. The molecule has 0 aliphatic heterocycles. The molecule has 0 spiro atoms. The van der Waals surface area contributed by atoms with Crippen molar-refractivity contribution in [1.82, 2.24) is 0 Å². The van der Waals surface area contributed by atoms with Crippen LogP contribution in [0.25, 0.3) is 0 Å². The second-order valence-electron chi connectivity index (χ2n) is 4.29. The first-order chi connectivity index (χ1) is 8.15. The Labute approximate surface area is 102 Å². The quantitative estimate of drug-likeness (QED) is 0.815. The van der Waals surface area contributed by atoms with Gasteiger partial charge in [-0.15, -0.1) is 0 Å². The van der Waals surface area contributed by atoms with Crippen molar-refractivity contribution in [1.29, 1.82) is 0 Å². The van der Waals surface area contributed by atoms with E-state index in [0.29, 0.717) is 6.61 Å². The molecule has 0 heterocycles. The molecule has 0 atom stereocenters.